The van der Waals surface area contributed by atoms with Crippen molar-refractivity contribution in [3.63, 3.8) is 0 Å². The number of likely N-dealkylation sites (N-methyl/N-ethyl adjacent to an activating group) is 1. The zero-order valence-electron chi connectivity index (χ0n) is 16.2. The highest BCUT2D eigenvalue weighted by atomic mass is 35.5. The van der Waals surface area contributed by atoms with Crippen molar-refractivity contribution in [1.82, 2.24) is 9.62 Å². The fraction of sp³-hybridized carbons (Fsp3) is 0.350. The second-order valence-electron chi connectivity index (χ2n) is 6.20. The molecule has 1 atom stereocenters. The molecule has 0 fully saturated rings. The van der Waals surface area contributed by atoms with Crippen molar-refractivity contribution in [2.24, 2.45) is 0 Å². The molecule has 0 saturated carbocycles. The van der Waals surface area contributed by atoms with Gasteiger partial charge in [0.25, 0.3) is 5.91 Å². The number of rotatable bonds is 9. The van der Waals surface area contributed by atoms with Crippen LogP contribution < -0.4 is 9.46 Å². The minimum absolute atomic E-state index is 0.0303. The number of sulfonamides is 1. The predicted molar refractivity (Wildman–Crippen MR) is 110 cm³/mol. The molecule has 0 aliphatic heterocycles. The first-order valence-corrected chi connectivity index (χ1v) is 10.9. The van der Waals surface area contributed by atoms with E-state index in [-0.39, 0.29) is 28.2 Å². The van der Waals surface area contributed by atoms with E-state index in [1.54, 1.807) is 11.8 Å². The third-order valence-electron chi connectivity index (χ3n) is 4.31. The molecule has 0 bridgehead atoms. The summed E-state index contributed by atoms with van der Waals surface area (Å²) >= 11 is 6.18. The zero-order valence-corrected chi connectivity index (χ0v) is 17.8. The molecule has 8 heteroatoms. The van der Waals surface area contributed by atoms with Crippen molar-refractivity contribution in [3.8, 4) is 5.75 Å². The molecule has 2 rings (SSSR count). The summed E-state index contributed by atoms with van der Waals surface area (Å²) in [6.45, 7) is 6.57. The largest absolute Gasteiger partial charge is 0.482 e. The van der Waals surface area contributed by atoms with E-state index in [1.165, 1.54) is 18.2 Å². The van der Waals surface area contributed by atoms with Crippen molar-refractivity contribution >= 4 is 27.5 Å². The van der Waals surface area contributed by atoms with Crippen molar-refractivity contribution in [2.75, 3.05) is 19.7 Å². The topological polar surface area (TPSA) is 75.7 Å². The van der Waals surface area contributed by atoms with Gasteiger partial charge in [-0.2, -0.15) is 0 Å². The smallest absolute Gasteiger partial charge is 0.260 e. The molecule has 0 unspecified atom stereocenters. The Morgan fingerprint density at radius 3 is 2.36 bits per heavy atom. The normalized spacial score (nSPS) is 12.4. The minimum atomic E-state index is -3.76. The predicted octanol–water partition coefficient (Wildman–Crippen LogP) is 3.63. The molecular weight excluding hydrogens is 400 g/mol. The molecule has 1 N–H and O–H groups in total. The maximum Gasteiger partial charge on any atom is 0.260 e. The molecule has 2 aromatic rings. The quantitative estimate of drug-likeness (QED) is 0.667. The second-order valence-corrected chi connectivity index (χ2v) is 8.32. The van der Waals surface area contributed by atoms with E-state index in [2.05, 4.69) is 4.72 Å². The van der Waals surface area contributed by atoms with Gasteiger partial charge in [-0.25, -0.2) is 13.1 Å². The van der Waals surface area contributed by atoms with Gasteiger partial charge in [-0.1, -0.05) is 41.9 Å². The first kappa shape index (κ1) is 22.2. The van der Waals surface area contributed by atoms with Crippen molar-refractivity contribution < 1.29 is 17.9 Å². The van der Waals surface area contributed by atoms with Crippen LogP contribution in [0.25, 0.3) is 0 Å². The number of ether oxygens (including phenoxy) is 1. The number of nitrogens with zero attached hydrogens (tertiary/aromatic N) is 1. The van der Waals surface area contributed by atoms with Gasteiger partial charge in [0, 0.05) is 19.1 Å². The standard InChI is InChI=1S/C20H25ClN2O4S/c1-4-23(5-2)20(24)14-27-19-12-11-17(13-18(19)21)28(25,26)22-15(3)16-9-7-6-8-10-16/h6-13,15,22H,4-5,14H2,1-3H3/t15-/m0/s1. The molecule has 0 spiro atoms. The molecule has 0 radical (unpaired) electrons. The molecular formula is C20H25ClN2O4S. The summed E-state index contributed by atoms with van der Waals surface area (Å²) in [5.41, 5.74) is 0.854. The Morgan fingerprint density at radius 2 is 1.79 bits per heavy atom. The lowest BCUT2D eigenvalue weighted by Gasteiger charge is -2.19. The van der Waals surface area contributed by atoms with E-state index in [1.807, 2.05) is 44.2 Å². The van der Waals surface area contributed by atoms with E-state index in [4.69, 9.17) is 16.3 Å². The van der Waals surface area contributed by atoms with Crippen LogP contribution >= 0.6 is 11.6 Å². The molecule has 28 heavy (non-hydrogen) atoms. The lowest BCUT2D eigenvalue weighted by Crippen LogP contribution is -2.34. The van der Waals surface area contributed by atoms with Crippen LogP contribution in [0.5, 0.6) is 5.75 Å². The maximum atomic E-state index is 12.6. The van der Waals surface area contributed by atoms with Crippen molar-refractivity contribution in [2.45, 2.75) is 31.7 Å². The van der Waals surface area contributed by atoms with E-state index in [0.29, 0.717) is 13.1 Å². The number of nitrogens with one attached hydrogen (secondary N) is 1. The van der Waals surface area contributed by atoms with Gasteiger partial charge >= 0.3 is 0 Å². The first-order chi connectivity index (χ1) is 13.3. The van der Waals surface area contributed by atoms with Gasteiger partial charge in [0.1, 0.15) is 5.75 Å². The van der Waals surface area contributed by atoms with E-state index >= 15 is 0 Å². The average molecular weight is 425 g/mol. The summed E-state index contributed by atoms with van der Waals surface area (Å²) in [4.78, 5) is 13.7. The minimum Gasteiger partial charge on any atom is -0.482 e. The van der Waals surface area contributed by atoms with E-state index in [9.17, 15) is 13.2 Å². The summed E-state index contributed by atoms with van der Waals surface area (Å²) in [5.74, 6) is 0.105. The summed E-state index contributed by atoms with van der Waals surface area (Å²) in [5, 5.41) is 0.127. The van der Waals surface area contributed by atoms with E-state index < -0.39 is 16.1 Å². The molecule has 152 valence electrons. The van der Waals surface area contributed by atoms with Crippen molar-refractivity contribution in [1.29, 1.82) is 0 Å². The fourth-order valence-electron chi connectivity index (χ4n) is 2.68. The summed E-state index contributed by atoms with van der Waals surface area (Å²) in [6.07, 6.45) is 0. The van der Waals surface area contributed by atoms with Crippen molar-refractivity contribution in [3.05, 3.63) is 59.1 Å². The van der Waals surface area contributed by atoms with Crippen LogP contribution in [0.1, 0.15) is 32.4 Å². The molecule has 0 aliphatic rings. The van der Waals surface area contributed by atoms with Crippen LogP contribution in [-0.2, 0) is 14.8 Å². The molecule has 0 aliphatic carbocycles. The van der Waals surface area contributed by atoms with Gasteiger partial charge in [-0.05, 0) is 44.5 Å². The number of benzene rings is 2. The maximum absolute atomic E-state index is 12.6. The lowest BCUT2D eigenvalue weighted by molar-refractivity contribution is -0.132. The molecule has 6 nitrogen and oxygen atoms in total. The Labute approximate surface area is 171 Å². The molecule has 0 saturated heterocycles. The molecule has 0 aromatic heterocycles. The third kappa shape index (κ3) is 5.70. The Balaban J connectivity index is 2.09. The van der Waals surface area contributed by atoms with E-state index in [0.717, 1.165) is 5.56 Å². The van der Waals surface area contributed by atoms with Crippen LogP contribution in [-0.4, -0.2) is 38.9 Å². The highest BCUT2D eigenvalue weighted by Gasteiger charge is 2.20. The SMILES string of the molecule is CCN(CC)C(=O)COc1ccc(S(=O)(=O)N[C@@H](C)c2ccccc2)cc1Cl. The van der Waals surface area contributed by atoms with Crippen LogP contribution in [0.2, 0.25) is 5.02 Å². The van der Waals surface area contributed by atoms with Crippen LogP contribution in [0.15, 0.2) is 53.4 Å². The average Bonchev–Trinajstić information content (AvgIpc) is 2.68. The number of amides is 1. The second kappa shape index (κ2) is 9.91. The van der Waals surface area contributed by atoms with Gasteiger partial charge in [-0.15, -0.1) is 0 Å². The lowest BCUT2D eigenvalue weighted by atomic mass is 10.1. The summed E-state index contributed by atoms with van der Waals surface area (Å²) in [7, 11) is -3.76. The Morgan fingerprint density at radius 1 is 1.14 bits per heavy atom. The Bertz CT molecular complexity index is 900. The Kier molecular flexibility index (Phi) is 7.86. The van der Waals surface area contributed by atoms with Gasteiger partial charge < -0.3 is 9.64 Å². The van der Waals surface area contributed by atoms with Gasteiger partial charge in [0.2, 0.25) is 10.0 Å². The number of hydrogen-bond donors (Lipinski definition) is 1. The number of carbonyl (C=O) groups excluding carboxylic acids is 1. The van der Waals surface area contributed by atoms with Crippen LogP contribution in [0.3, 0.4) is 0 Å². The summed E-state index contributed by atoms with van der Waals surface area (Å²) in [6, 6.07) is 13.1. The fourth-order valence-corrected chi connectivity index (χ4v) is 4.24. The van der Waals surface area contributed by atoms with Gasteiger partial charge in [0.05, 0.1) is 9.92 Å². The van der Waals surface area contributed by atoms with Crippen LogP contribution in [0, 0.1) is 0 Å². The highest BCUT2D eigenvalue weighted by molar-refractivity contribution is 7.89. The van der Waals surface area contributed by atoms with Crippen LogP contribution in [0.4, 0.5) is 0 Å². The molecule has 2 aromatic carbocycles. The van der Waals surface area contributed by atoms with Gasteiger partial charge in [-0.3, -0.25) is 4.79 Å². The third-order valence-corrected chi connectivity index (χ3v) is 6.15. The monoisotopic (exact) mass is 424 g/mol. The number of halogens is 1. The molecule has 1 amide bonds. The molecule has 0 heterocycles. The number of hydrogen-bond acceptors (Lipinski definition) is 4. The first-order valence-electron chi connectivity index (χ1n) is 9.05. The van der Waals surface area contributed by atoms with Gasteiger partial charge in [0.15, 0.2) is 6.61 Å². The zero-order chi connectivity index (χ0) is 20.7. The Hall–Kier alpha value is -2.09. The highest BCUT2D eigenvalue weighted by Crippen LogP contribution is 2.28. The number of carbonyl (C=O) groups is 1. The summed E-state index contributed by atoms with van der Waals surface area (Å²) < 4.78 is 33.4.